The number of alkyl halides is 3. The number of aliphatic hydroxyl groups excluding tert-OH is 1. The predicted octanol–water partition coefficient (Wildman–Crippen LogP) is 3.34. The topological polar surface area (TPSA) is 37.3 Å². The summed E-state index contributed by atoms with van der Waals surface area (Å²) < 4.78 is 35.7. The lowest BCUT2D eigenvalue weighted by atomic mass is 10.3. The van der Waals surface area contributed by atoms with Crippen molar-refractivity contribution in [1.29, 1.82) is 0 Å². The highest BCUT2D eigenvalue weighted by Crippen LogP contribution is 2.25. The van der Waals surface area contributed by atoms with Gasteiger partial charge < -0.3 is 5.11 Å². The molecular formula is C10H9F3O2S. The molecule has 0 aliphatic carbocycles. The molecule has 0 bridgehead atoms. The highest BCUT2D eigenvalue weighted by atomic mass is 32.1. The molecule has 16 heavy (non-hydrogen) atoms. The van der Waals surface area contributed by atoms with E-state index in [2.05, 4.69) is 0 Å². The minimum atomic E-state index is -4.95. The number of hydrogen-bond acceptors (Lipinski definition) is 3. The highest BCUT2D eigenvalue weighted by molar-refractivity contribution is 7.13. The second-order valence-electron chi connectivity index (χ2n) is 3.01. The lowest BCUT2D eigenvalue weighted by Crippen LogP contribution is -2.20. The van der Waals surface area contributed by atoms with E-state index in [0.29, 0.717) is 0 Å². The van der Waals surface area contributed by atoms with Crippen molar-refractivity contribution in [3.8, 4) is 0 Å². The van der Waals surface area contributed by atoms with Gasteiger partial charge in [-0.05, 0) is 18.6 Å². The van der Waals surface area contributed by atoms with Crippen molar-refractivity contribution in [2.75, 3.05) is 0 Å². The summed E-state index contributed by atoms with van der Waals surface area (Å²) >= 11 is 1.16. The SMILES string of the molecule is CCc1ccc(/C(O)=C/C(=O)C(F)(F)F)s1. The number of ketones is 1. The third kappa shape index (κ3) is 3.10. The first-order valence-corrected chi connectivity index (χ1v) is 5.27. The maximum atomic E-state index is 11.9. The fourth-order valence-corrected chi connectivity index (χ4v) is 1.85. The van der Waals surface area contributed by atoms with Crippen molar-refractivity contribution in [2.45, 2.75) is 19.5 Å². The molecule has 0 amide bonds. The number of rotatable bonds is 3. The van der Waals surface area contributed by atoms with Crippen LogP contribution in [-0.2, 0) is 11.2 Å². The molecule has 6 heteroatoms. The summed E-state index contributed by atoms with van der Waals surface area (Å²) in [6.45, 7) is 1.89. The normalized spacial score (nSPS) is 12.9. The Morgan fingerprint density at radius 1 is 1.50 bits per heavy atom. The predicted molar refractivity (Wildman–Crippen MR) is 55.4 cm³/mol. The second-order valence-corrected chi connectivity index (χ2v) is 4.18. The maximum Gasteiger partial charge on any atom is 0.454 e. The first-order valence-electron chi connectivity index (χ1n) is 4.45. The Hall–Kier alpha value is -1.30. The Labute approximate surface area is 94.0 Å². The zero-order chi connectivity index (χ0) is 12.3. The minimum Gasteiger partial charge on any atom is -0.506 e. The smallest absolute Gasteiger partial charge is 0.454 e. The number of halogens is 3. The molecule has 0 unspecified atom stereocenters. The maximum absolute atomic E-state index is 11.9. The van der Waals surface area contributed by atoms with Crippen LogP contribution in [-0.4, -0.2) is 17.1 Å². The summed E-state index contributed by atoms with van der Waals surface area (Å²) in [6, 6.07) is 3.18. The number of carbonyl (C=O) groups is 1. The van der Waals surface area contributed by atoms with Gasteiger partial charge in [0.25, 0.3) is 5.78 Å². The van der Waals surface area contributed by atoms with Crippen LogP contribution in [0.1, 0.15) is 16.7 Å². The lowest BCUT2D eigenvalue weighted by molar-refractivity contribution is -0.165. The van der Waals surface area contributed by atoms with E-state index in [1.807, 2.05) is 6.92 Å². The molecule has 88 valence electrons. The average molecular weight is 250 g/mol. The van der Waals surface area contributed by atoms with Gasteiger partial charge in [-0.3, -0.25) is 4.79 Å². The van der Waals surface area contributed by atoms with Crippen LogP contribution in [0.4, 0.5) is 13.2 Å². The molecule has 0 aromatic carbocycles. The zero-order valence-electron chi connectivity index (χ0n) is 8.34. The van der Waals surface area contributed by atoms with E-state index < -0.39 is 17.7 Å². The summed E-state index contributed by atoms with van der Waals surface area (Å²) in [6.07, 6.45) is -4.02. The molecule has 1 aromatic rings. The van der Waals surface area contributed by atoms with Crippen molar-refractivity contribution in [3.05, 3.63) is 28.0 Å². The molecule has 0 fully saturated rings. The van der Waals surface area contributed by atoms with Gasteiger partial charge >= 0.3 is 6.18 Å². The van der Waals surface area contributed by atoms with Gasteiger partial charge in [-0.2, -0.15) is 13.2 Å². The molecule has 0 atom stereocenters. The molecule has 1 rings (SSSR count). The van der Waals surface area contributed by atoms with Crippen LogP contribution >= 0.6 is 11.3 Å². The summed E-state index contributed by atoms with van der Waals surface area (Å²) in [5, 5.41) is 9.31. The Bertz CT molecular complexity index is 418. The van der Waals surface area contributed by atoms with Crippen LogP contribution in [0.2, 0.25) is 0 Å². The van der Waals surface area contributed by atoms with E-state index in [-0.39, 0.29) is 11.0 Å². The number of aryl methyl sites for hydroxylation is 1. The van der Waals surface area contributed by atoms with Crippen LogP contribution < -0.4 is 0 Å². The molecule has 0 radical (unpaired) electrons. The first kappa shape index (κ1) is 12.8. The molecule has 0 aliphatic rings. The third-order valence-corrected chi connectivity index (χ3v) is 3.06. The van der Waals surface area contributed by atoms with E-state index in [4.69, 9.17) is 0 Å². The van der Waals surface area contributed by atoms with Crippen molar-refractivity contribution < 1.29 is 23.1 Å². The van der Waals surface area contributed by atoms with Crippen molar-refractivity contribution >= 4 is 22.9 Å². The van der Waals surface area contributed by atoms with E-state index >= 15 is 0 Å². The summed E-state index contributed by atoms with van der Waals surface area (Å²) in [5.74, 6) is -2.71. The first-order chi connectivity index (χ1) is 7.34. The molecule has 1 aromatic heterocycles. The average Bonchev–Trinajstić information content (AvgIpc) is 2.64. The standard InChI is InChI=1S/C10H9F3O2S/c1-2-6-3-4-8(16-6)7(14)5-9(15)10(11,12)13/h3-5,14H,2H2,1H3/b7-5-. The Balaban J connectivity index is 2.89. The number of allylic oxidation sites excluding steroid dienone is 1. The van der Waals surface area contributed by atoms with Gasteiger partial charge in [0.2, 0.25) is 0 Å². The van der Waals surface area contributed by atoms with Gasteiger partial charge in [0.1, 0.15) is 5.76 Å². The Morgan fingerprint density at radius 3 is 2.56 bits per heavy atom. The highest BCUT2D eigenvalue weighted by Gasteiger charge is 2.37. The van der Waals surface area contributed by atoms with Gasteiger partial charge in [0.05, 0.1) is 4.88 Å². The number of thiophene rings is 1. The van der Waals surface area contributed by atoms with Gasteiger partial charge in [-0.1, -0.05) is 6.92 Å². The zero-order valence-corrected chi connectivity index (χ0v) is 9.15. The van der Waals surface area contributed by atoms with Crippen molar-refractivity contribution in [1.82, 2.24) is 0 Å². The minimum absolute atomic E-state index is 0.200. The molecule has 2 nitrogen and oxygen atoms in total. The van der Waals surface area contributed by atoms with Crippen LogP contribution in [0, 0.1) is 0 Å². The fraction of sp³-hybridized carbons (Fsp3) is 0.300. The van der Waals surface area contributed by atoms with Gasteiger partial charge in [-0.25, -0.2) is 0 Å². The molecule has 0 spiro atoms. The van der Waals surface area contributed by atoms with E-state index in [1.54, 1.807) is 6.07 Å². The summed E-state index contributed by atoms with van der Waals surface area (Å²) in [7, 11) is 0. The van der Waals surface area contributed by atoms with Crippen LogP contribution in [0.3, 0.4) is 0 Å². The summed E-state index contributed by atoms with van der Waals surface area (Å²) in [4.78, 5) is 11.8. The molecule has 0 aliphatic heterocycles. The van der Waals surface area contributed by atoms with E-state index in [1.165, 1.54) is 6.07 Å². The molecule has 0 saturated heterocycles. The van der Waals surface area contributed by atoms with Gasteiger partial charge in [0.15, 0.2) is 0 Å². The molecular weight excluding hydrogens is 241 g/mol. The van der Waals surface area contributed by atoms with Gasteiger partial charge in [-0.15, -0.1) is 11.3 Å². The Morgan fingerprint density at radius 2 is 2.12 bits per heavy atom. The van der Waals surface area contributed by atoms with Gasteiger partial charge in [0, 0.05) is 11.0 Å². The van der Waals surface area contributed by atoms with Crippen LogP contribution in [0.5, 0.6) is 0 Å². The second kappa shape index (κ2) is 4.69. The number of carbonyl (C=O) groups excluding carboxylic acids is 1. The van der Waals surface area contributed by atoms with Crippen LogP contribution in [0.15, 0.2) is 18.2 Å². The van der Waals surface area contributed by atoms with Crippen molar-refractivity contribution in [2.24, 2.45) is 0 Å². The Kier molecular flexibility index (Phi) is 3.74. The monoisotopic (exact) mass is 250 g/mol. The largest absolute Gasteiger partial charge is 0.506 e. The fourth-order valence-electron chi connectivity index (χ4n) is 0.983. The number of hydrogen-bond donors (Lipinski definition) is 1. The van der Waals surface area contributed by atoms with Crippen LogP contribution in [0.25, 0.3) is 5.76 Å². The third-order valence-electron chi connectivity index (χ3n) is 1.81. The molecule has 0 saturated carbocycles. The quantitative estimate of drug-likeness (QED) is 0.660. The summed E-state index contributed by atoms with van der Waals surface area (Å²) in [5.41, 5.74) is 0. The number of aliphatic hydroxyl groups is 1. The molecule has 1 N–H and O–H groups in total. The van der Waals surface area contributed by atoms with E-state index in [9.17, 15) is 23.1 Å². The van der Waals surface area contributed by atoms with E-state index in [0.717, 1.165) is 22.6 Å². The van der Waals surface area contributed by atoms with Crippen molar-refractivity contribution in [3.63, 3.8) is 0 Å². The lowest BCUT2D eigenvalue weighted by Gasteiger charge is -2.00. The molecule has 1 heterocycles.